The average Bonchev–Trinajstić information content (AvgIpc) is 3.13. The zero-order chi connectivity index (χ0) is 23.5. The monoisotopic (exact) mass is 487 g/mol. The number of anilines is 1. The topological polar surface area (TPSA) is 79.3 Å². The predicted molar refractivity (Wildman–Crippen MR) is 132 cm³/mol. The molecular formula is C24H27Cl2N5O2. The summed E-state index contributed by atoms with van der Waals surface area (Å²) in [5.41, 5.74) is 1.19. The van der Waals surface area contributed by atoms with Crippen molar-refractivity contribution in [1.29, 1.82) is 0 Å². The molecule has 9 heteroatoms. The molecule has 0 unspecified atom stereocenters. The van der Waals surface area contributed by atoms with Gasteiger partial charge in [0.05, 0.1) is 5.02 Å². The van der Waals surface area contributed by atoms with Crippen LogP contribution < -0.4 is 10.6 Å². The minimum atomic E-state index is -0.295. The van der Waals surface area contributed by atoms with Crippen molar-refractivity contribution in [3.05, 3.63) is 58.3 Å². The number of carbonyl (C=O) groups excluding carboxylic acids is 2. The van der Waals surface area contributed by atoms with Crippen molar-refractivity contribution in [3.8, 4) is 0 Å². The van der Waals surface area contributed by atoms with Crippen molar-refractivity contribution in [2.24, 2.45) is 0 Å². The summed E-state index contributed by atoms with van der Waals surface area (Å²) < 4.78 is 1.72. The van der Waals surface area contributed by atoms with E-state index < -0.39 is 0 Å². The van der Waals surface area contributed by atoms with E-state index in [1.54, 1.807) is 34.9 Å². The number of hydrogen-bond donors (Lipinski definition) is 2. The number of pyridine rings is 1. The number of piperidine rings is 1. The lowest BCUT2D eigenvalue weighted by Crippen LogP contribution is -2.47. The normalized spacial score (nSPS) is 15.2. The van der Waals surface area contributed by atoms with E-state index in [2.05, 4.69) is 34.4 Å². The van der Waals surface area contributed by atoms with E-state index in [1.807, 2.05) is 6.07 Å². The van der Waals surface area contributed by atoms with E-state index in [4.69, 9.17) is 23.2 Å². The summed E-state index contributed by atoms with van der Waals surface area (Å²) in [7, 11) is 0. The molecule has 0 radical (unpaired) electrons. The number of aromatic nitrogens is 2. The summed E-state index contributed by atoms with van der Waals surface area (Å²) in [6, 6.07) is 11.0. The standard InChI is InChI=1S/C24H27Cl2N5O2/c1-15(2)30-9-7-19(8-10-30)28-24(33)21-12-16-11-17(25)3-5-20(16)31(21)14-23(32)29-22-6-4-18(26)13-27-22/h3-6,11-13,15,19H,7-10,14H2,1-2H3,(H,28,33)(H,27,29,32). The molecule has 33 heavy (non-hydrogen) atoms. The van der Waals surface area contributed by atoms with Gasteiger partial charge in [0.25, 0.3) is 5.91 Å². The smallest absolute Gasteiger partial charge is 0.268 e. The molecule has 174 valence electrons. The molecule has 1 aliphatic rings. The zero-order valence-electron chi connectivity index (χ0n) is 18.6. The Balaban J connectivity index is 1.53. The van der Waals surface area contributed by atoms with E-state index in [9.17, 15) is 9.59 Å². The summed E-state index contributed by atoms with van der Waals surface area (Å²) in [6.07, 6.45) is 3.27. The van der Waals surface area contributed by atoms with Crippen LogP contribution in [0.1, 0.15) is 37.2 Å². The summed E-state index contributed by atoms with van der Waals surface area (Å²) in [5, 5.41) is 7.78. The Hall–Kier alpha value is -2.61. The molecule has 3 aromatic rings. The molecule has 0 atom stereocenters. The van der Waals surface area contributed by atoms with Crippen LogP contribution in [0, 0.1) is 0 Å². The van der Waals surface area contributed by atoms with E-state index >= 15 is 0 Å². The minimum Gasteiger partial charge on any atom is -0.348 e. The first-order chi connectivity index (χ1) is 15.8. The van der Waals surface area contributed by atoms with Gasteiger partial charge in [0.2, 0.25) is 5.91 Å². The second-order valence-corrected chi connectivity index (χ2v) is 9.48. The highest BCUT2D eigenvalue weighted by molar-refractivity contribution is 6.31. The molecule has 2 aromatic heterocycles. The maximum Gasteiger partial charge on any atom is 0.268 e. The van der Waals surface area contributed by atoms with Crippen molar-refractivity contribution >= 4 is 51.7 Å². The average molecular weight is 488 g/mol. The number of benzene rings is 1. The van der Waals surface area contributed by atoms with Crippen LogP contribution in [-0.4, -0.2) is 51.4 Å². The Kier molecular flexibility index (Phi) is 7.22. The lowest BCUT2D eigenvalue weighted by atomic mass is 10.0. The van der Waals surface area contributed by atoms with Gasteiger partial charge in [0.15, 0.2) is 0 Å². The van der Waals surface area contributed by atoms with Crippen LogP contribution in [0.15, 0.2) is 42.6 Å². The number of carbonyl (C=O) groups is 2. The van der Waals surface area contributed by atoms with Gasteiger partial charge in [-0.1, -0.05) is 23.2 Å². The summed E-state index contributed by atoms with van der Waals surface area (Å²) in [6.45, 7) is 6.25. The van der Waals surface area contributed by atoms with E-state index in [0.717, 1.165) is 36.8 Å². The largest absolute Gasteiger partial charge is 0.348 e. The third kappa shape index (κ3) is 5.66. The number of nitrogens with zero attached hydrogens (tertiary/aromatic N) is 3. The quantitative estimate of drug-likeness (QED) is 0.532. The van der Waals surface area contributed by atoms with Gasteiger partial charge in [-0.3, -0.25) is 9.59 Å². The first-order valence-electron chi connectivity index (χ1n) is 11.1. The predicted octanol–water partition coefficient (Wildman–Crippen LogP) is 4.58. The summed E-state index contributed by atoms with van der Waals surface area (Å²) >= 11 is 12.0. The van der Waals surface area contributed by atoms with Gasteiger partial charge in [0.1, 0.15) is 18.1 Å². The molecular weight excluding hydrogens is 461 g/mol. The van der Waals surface area contributed by atoms with Gasteiger partial charge >= 0.3 is 0 Å². The Morgan fingerprint density at radius 2 is 1.82 bits per heavy atom. The first kappa shape index (κ1) is 23.5. The van der Waals surface area contributed by atoms with Crippen LogP contribution in [0.4, 0.5) is 5.82 Å². The van der Waals surface area contributed by atoms with Crippen LogP contribution in [-0.2, 0) is 11.3 Å². The first-order valence-corrected chi connectivity index (χ1v) is 11.8. The Labute approximate surface area is 203 Å². The highest BCUT2D eigenvalue weighted by Gasteiger charge is 2.25. The van der Waals surface area contributed by atoms with Crippen LogP contribution in [0.3, 0.4) is 0 Å². The van der Waals surface area contributed by atoms with E-state index in [1.165, 1.54) is 6.20 Å². The van der Waals surface area contributed by atoms with Crippen molar-refractivity contribution in [3.63, 3.8) is 0 Å². The number of halogens is 2. The van der Waals surface area contributed by atoms with E-state index in [-0.39, 0.29) is 24.4 Å². The van der Waals surface area contributed by atoms with Crippen molar-refractivity contribution in [1.82, 2.24) is 19.8 Å². The maximum absolute atomic E-state index is 13.2. The van der Waals surface area contributed by atoms with Crippen LogP contribution in [0.25, 0.3) is 10.9 Å². The second kappa shape index (κ2) is 10.1. The fraction of sp³-hybridized carbons (Fsp3) is 0.375. The second-order valence-electron chi connectivity index (χ2n) is 8.61. The molecule has 1 aliphatic heterocycles. The molecule has 2 amide bonds. The SMILES string of the molecule is CC(C)N1CCC(NC(=O)c2cc3cc(Cl)ccc3n2CC(=O)Nc2ccc(Cl)cn2)CC1. The van der Waals surface area contributed by atoms with Crippen molar-refractivity contribution < 1.29 is 9.59 Å². The summed E-state index contributed by atoms with van der Waals surface area (Å²) in [4.78, 5) is 32.5. The Bertz CT molecular complexity index is 1150. The molecule has 2 N–H and O–H groups in total. The van der Waals surface area contributed by atoms with Gasteiger partial charge in [0, 0.05) is 47.3 Å². The molecule has 1 aromatic carbocycles. The van der Waals surface area contributed by atoms with Crippen molar-refractivity contribution in [2.75, 3.05) is 18.4 Å². The van der Waals surface area contributed by atoms with Gasteiger partial charge in [-0.25, -0.2) is 4.98 Å². The van der Waals surface area contributed by atoms with Gasteiger partial charge in [-0.2, -0.15) is 0 Å². The van der Waals surface area contributed by atoms with Gasteiger partial charge in [-0.15, -0.1) is 0 Å². The number of nitrogens with one attached hydrogen (secondary N) is 2. The molecule has 7 nitrogen and oxygen atoms in total. The summed E-state index contributed by atoms with van der Waals surface area (Å²) in [5.74, 6) is -0.0916. The van der Waals surface area contributed by atoms with E-state index in [0.29, 0.717) is 27.6 Å². The third-order valence-electron chi connectivity index (χ3n) is 5.99. The molecule has 0 aliphatic carbocycles. The number of rotatable bonds is 6. The molecule has 4 rings (SSSR count). The Morgan fingerprint density at radius 3 is 2.48 bits per heavy atom. The molecule has 1 fully saturated rings. The highest BCUT2D eigenvalue weighted by Crippen LogP contribution is 2.24. The molecule has 0 saturated carbocycles. The number of likely N-dealkylation sites (tertiary alicyclic amines) is 1. The van der Waals surface area contributed by atoms with Gasteiger partial charge in [-0.05, 0) is 63.1 Å². The molecule has 1 saturated heterocycles. The van der Waals surface area contributed by atoms with Crippen molar-refractivity contribution in [2.45, 2.75) is 45.3 Å². The highest BCUT2D eigenvalue weighted by atomic mass is 35.5. The number of hydrogen-bond acceptors (Lipinski definition) is 4. The number of amides is 2. The zero-order valence-corrected chi connectivity index (χ0v) is 20.2. The molecule has 0 spiro atoms. The fourth-order valence-corrected chi connectivity index (χ4v) is 4.49. The minimum absolute atomic E-state index is 0.0377. The molecule has 0 bridgehead atoms. The lowest BCUT2D eigenvalue weighted by molar-refractivity contribution is -0.116. The maximum atomic E-state index is 13.2. The molecule has 3 heterocycles. The number of fused-ring (bicyclic) bond motifs is 1. The lowest BCUT2D eigenvalue weighted by Gasteiger charge is -2.34. The van der Waals surface area contributed by atoms with Crippen LogP contribution in [0.2, 0.25) is 10.0 Å². The van der Waals surface area contributed by atoms with Crippen LogP contribution in [0.5, 0.6) is 0 Å². The Morgan fingerprint density at radius 1 is 1.09 bits per heavy atom. The van der Waals surface area contributed by atoms with Gasteiger partial charge < -0.3 is 20.1 Å². The van der Waals surface area contributed by atoms with Crippen LogP contribution >= 0.6 is 23.2 Å². The third-order valence-corrected chi connectivity index (χ3v) is 6.45. The fourth-order valence-electron chi connectivity index (χ4n) is 4.20.